The van der Waals surface area contributed by atoms with E-state index in [9.17, 15) is 4.79 Å². The van der Waals surface area contributed by atoms with Gasteiger partial charge in [-0.15, -0.1) is 12.4 Å². The molecule has 1 aliphatic heterocycles. The molecule has 0 N–H and O–H groups in total. The molecule has 1 amide bonds. The van der Waals surface area contributed by atoms with E-state index in [0.29, 0.717) is 41.9 Å². The molecule has 8 nitrogen and oxygen atoms in total. The van der Waals surface area contributed by atoms with Crippen LogP contribution in [0.2, 0.25) is 5.02 Å². The van der Waals surface area contributed by atoms with Gasteiger partial charge in [-0.05, 0) is 114 Å². The summed E-state index contributed by atoms with van der Waals surface area (Å²) in [5, 5.41) is 9.63. The minimum absolute atomic E-state index is 0. The fraction of sp³-hybridized carbons (Fsp3) is 0.195. The van der Waals surface area contributed by atoms with Gasteiger partial charge in [-0.3, -0.25) is 9.69 Å². The van der Waals surface area contributed by atoms with Crippen LogP contribution in [0.5, 0.6) is 28.9 Å². The van der Waals surface area contributed by atoms with E-state index in [-0.39, 0.29) is 18.3 Å². The summed E-state index contributed by atoms with van der Waals surface area (Å²) < 4.78 is 17.9. The lowest BCUT2D eigenvalue weighted by atomic mass is 10.1. The van der Waals surface area contributed by atoms with Gasteiger partial charge in [0, 0.05) is 49.9 Å². The average Bonchev–Trinajstić information content (AvgIpc) is 3.14. The number of hydrogen-bond donors (Lipinski definition) is 0. The zero-order chi connectivity index (χ0) is 34.9. The third-order valence-electron chi connectivity index (χ3n) is 8.37. The zero-order valence-electron chi connectivity index (χ0n) is 28.4. The lowest BCUT2D eigenvalue weighted by Gasteiger charge is -2.34. The second kappa shape index (κ2) is 17.6. The first kappa shape index (κ1) is 36.9. The van der Waals surface area contributed by atoms with E-state index in [1.54, 1.807) is 42.6 Å². The van der Waals surface area contributed by atoms with Crippen LogP contribution in [0, 0.1) is 25.2 Å². The molecule has 0 unspecified atom stereocenters. The molecule has 0 radical (unpaired) electrons. The van der Waals surface area contributed by atoms with Gasteiger partial charge in [0.25, 0.3) is 0 Å². The maximum absolute atomic E-state index is 13.0. The standard InChI is InChI=1S/C41H37ClN4O4.ClH/c1-29-23-34(24-30(2)41(29)50-39-17-16-38(26-44-39)48-28-33-5-3-31(25-43)4-6-33)9-18-40(47)46-21-19-45(20-22-46)27-32-7-12-36(13-8-32)49-37-14-10-35(42)11-15-37;/h3-18,23-24,26H,19-22,27-28H2,1-2H3;1H. The molecule has 260 valence electrons. The van der Waals surface area contributed by atoms with Crippen molar-refractivity contribution in [3.05, 3.63) is 148 Å². The van der Waals surface area contributed by atoms with Gasteiger partial charge in [-0.2, -0.15) is 5.26 Å². The summed E-state index contributed by atoms with van der Waals surface area (Å²) >= 11 is 5.96. The number of benzene rings is 4. The maximum atomic E-state index is 13.0. The van der Waals surface area contributed by atoms with Crippen molar-refractivity contribution in [3.63, 3.8) is 0 Å². The van der Waals surface area contributed by atoms with E-state index in [0.717, 1.165) is 59.1 Å². The van der Waals surface area contributed by atoms with Crippen LogP contribution < -0.4 is 14.2 Å². The van der Waals surface area contributed by atoms with Crippen LogP contribution in [-0.4, -0.2) is 46.9 Å². The second-order valence-corrected chi connectivity index (χ2v) is 12.6. The molecule has 1 aliphatic rings. The molecule has 4 aromatic carbocycles. The van der Waals surface area contributed by atoms with E-state index in [1.165, 1.54) is 5.56 Å². The Hall–Kier alpha value is -5.33. The van der Waals surface area contributed by atoms with Crippen molar-refractivity contribution in [1.82, 2.24) is 14.8 Å². The van der Waals surface area contributed by atoms with Gasteiger partial charge in [0.05, 0.1) is 17.8 Å². The highest BCUT2D eigenvalue weighted by Gasteiger charge is 2.20. The summed E-state index contributed by atoms with van der Waals surface area (Å²) in [6, 6.07) is 32.4. The normalized spacial score (nSPS) is 12.9. The van der Waals surface area contributed by atoms with Crippen molar-refractivity contribution in [1.29, 1.82) is 5.26 Å². The molecule has 5 aromatic rings. The number of amides is 1. The molecule has 2 heterocycles. The maximum Gasteiger partial charge on any atom is 0.246 e. The van der Waals surface area contributed by atoms with Crippen molar-refractivity contribution < 1.29 is 19.0 Å². The average molecular weight is 722 g/mol. The van der Waals surface area contributed by atoms with Gasteiger partial charge in [0.2, 0.25) is 11.8 Å². The summed E-state index contributed by atoms with van der Waals surface area (Å²) in [5.74, 6) is 3.33. The molecule has 1 aromatic heterocycles. The first-order valence-corrected chi connectivity index (χ1v) is 16.8. The van der Waals surface area contributed by atoms with Crippen LogP contribution in [0.3, 0.4) is 0 Å². The number of carbonyl (C=O) groups is 1. The number of carbonyl (C=O) groups excluding carboxylic acids is 1. The Morgan fingerprint density at radius 2 is 1.43 bits per heavy atom. The van der Waals surface area contributed by atoms with Crippen LogP contribution in [0.15, 0.2) is 109 Å². The van der Waals surface area contributed by atoms with Crippen LogP contribution in [-0.2, 0) is 17.9 Å². The third-order valence-corrected chi connectivity index (χ3v) is 8.62. The minimum Gasteiger partial charge on any atom is -0.487 e. The van der Waals surface area contributed by atoms with Crippen LogP contribution in [0.25, 0.3) is 6.08 Å². The van der Waals surface area contributed by atoms with E-state index in [2.05, 4.69) is 28.1 Å². The van der Waals surface area contributed by atoms with Crippen molar-refractivity contribution in [3.8, 4) is 34.9 Å². The van der Waals surface area contributed by atoms with E-state index in [1.807, 2.05) is 79.4 Å². The summed E-state index contributed by atoms with van der Waals surface area (Å²) in [6.07, 6.45) is 5.15. The largest absolute Gasteiger partial charge is 0.487 e. The molecule has 6 rings (SSSR count). The lowest BCUT2D eigenvalue weighted by Crippen LogP contribution is -2.47. The number of piperazine rings is 1. The number of rotatable bonds is 11. The van der Waals surface area contributed by atoms with Gasteiger partial charge >= 0.3 is 0 Å². The molecular weight excluding hydrogens is 683 g/mol. The Morgan fingerprint density at radius 1 is 0.824 bits per heavy atom. The molecule has 0 bridgehead atoms. The van der Waals surface area contributed by atoms with Crippen molar-refractivity contribution in [2.75, 3.05) is 26.2 Å². The van der Waals surface area contributed by atoms with Crippen LogP contribution in [0.4, 0.5) is 0 Å². The number of nitrogens with zero attached hydrogens (tertiary/aromatic N) is 4. The number of nitriles is 1. The molecule has 0 aliphatic carbocycles. The van der Waals surface area contributed by atoms with Crippen molar-refractivity contribution in [2.45, 2.75) is 27.0 Å². The zero-order valence-corrected chi connectivity index (χ0v) is 30.0. The van der Waals surface area contributed by atoms with Gasteiger partial charge in [-0.25, -0.2) is 4.98 Å². The predicted molar refractivity (Wildman–Crippen MR) is 202 cm³/mol. The predicted octanol–water partition coefficient (Wildman–Crippen LogP) is 9.17. The number of hydrogen-bond acceptors (Lipinski definition) is 7. The summed E-state index contributed by atoms with van der Waals surface area (Å²) in [4.78, 5) is 21.7. The number of pyridine rings is 1. The molecular formula is C41H38Cl2N4O4. The molecule has 1 saturated heterocycles. The first-order chi connectivity index (χ1) is 24.3. The SMILES string of the molecule is Cc1cc(C=CC(=O)N2CCN(Cc3ccc(Oc4ccc(Cl)cc4)cc3)CC2)cc(C)c1Oc1ccc(OCc2ccc(C#N)cc2)cn1.Cl. The topological polar surface area (TPSA) is 87.9 Å². The van der Waals surface area contributed by atoms with E-state index >= 15 is 0 Å². The van der Waals surface area contributed by atoms with Gasteiger partial charge in [0.15, 0.2) is 0 Å². The smallest absolute Gasteiger partial charge is 0.246 e. The quantitative estimate of drug-likeness (QED) is 0.126. The molecule has 0 atom stereocenters. The van der Waals surface area contributed by atoms with E-state index in [4.69, 9.17) is 31.1 Å². The summed E-state index contributed by atoms with van der Waals surface area (Å²) in [6.45, 7) is 8.14. The minimum atomic E-state index is 0. The lowest BCUT2D eigenvalue weighted by molar-refractivity contribution is -0.127. The Labute approximate surface area is 309 Å². The third kappa shape index (κ3) is 10.3. The molecule has 0 saturated carbocycles. The van der Waals surface area contributed by atoms with Gasteiger partial charge < -0.3 is 19.1 Å². The Kier molecular flexibility index (Phi) is 12.7. The van der Waals surface area contributed by atoms with Gasteiger partial charge in [-0.1, -0.05) is 35.9 Å². The number of aromatic nitrogens is 1. The highest BCUT2D eigenvalue weighted by molar-refractivity contribution is 6.30. The molecule has 1 fully saturated rings. The van der Waals surface area contributed by atoms with Crippen molar-refractivity contribution >= 4 is 36.0 Å². The van der Waals surface area contributed by atoms with Gasteiger partial charge in [0.1, 0.15) is 29.6 Å². The Balaban J connectivity index is 0.00000504. The Morgan fingerprint density at radius 3 is 2.04 bits per heavy atom. The number of aryl methyl sites for hydroxylation is 2. The fourth-order valence-electron chi connectivity index (χ4n) is 5.66. The van der Waals surface area contributed by atoms with Crippen LogP contribution in [0.1, 0.15) is 33.4 Å². The Bertz CT molecular complexity index is 1960. The summed E-state index contributed by atoms with van der Waals surface area (Å²) in [5.41, 5.74) is 5.59. The monoisotopic (exact) mass is 720 g/mol. The number of halogens is 2. The second-order valence-electron chi connectivity index (χ2n) is 12.2. The molecule has 10 heteroatoms. The highest BCUT2D eigenvalue weighted by Crippen LogP contribution is 2.30. The van der Waals surface area contributed by atoms with Crippen molar-refractivity contribution in [2.24, 2.45) is 0 Å². The summed E-state index contributed by atoms with van der Waals surface area (Å²) in [7, 11) is 0. The van der Waals surface area contributed by atoms with Crippen LogP contribution >= 0.6 is 24.0 Å². The molecule has 51 heavy (non-hydrogen) atoms. The number of ether oxygens (including phenoxy) is 3. The van der Waals surface area contributed by atoms with E-state index < -0.39 is 0 Å². The highest BCUT2D eigenvalue weighted by atomic mass is 35.5. The molecule has 0 spiro atoms. The fourth-order valence-corrected chi connectivity index (χ4v) is 5.79. The first-order valence-electron chi connectivity index (χ1n) is 16.4.